The molecule has 0 aromatic heterocycles. The molecule has 0 saturated heterocycles. The third kappa shape index (κ3) is 4.13. The fourth-order valence-electron chi connectivity index (χ4n) is 2.01. The number of hydrogen-bond donors (Lipinski definition) is 1. The average Bonchev–Trinajstić information content (AvgIpc) is 2.48. The minimum atomic E-state index is 0.502. The summed E-state index contributed by atoms with van der Waals surface area (Å²) in [6, 6.07) is 8.98. The van der Waals surface area contributed by atoms with Gasteiger partial charge in [0.25, 0.3) is 0 Å². The second-order valence-corrected chi connectivity index (χ2v) is 5.77. The summed E-state index contributed by atoms with van der Waals surface area (Å²) in [5.41, 5.74) is 1.71. The zero-order valence-corrected chi connectivity index (χ0v) is 14.5. The molecule has 0 heterocycles. The highest BCUT2D eigenvalue weighted by Gasteiger charge is 2.11. The van der Waals surface area contributed by atoms with E-state index in [2.05, 4.69) is 5.32 Å². The van der Waals surface area contributed by atoms with Crippen LogP contribution in [0.2, 0.25) is 15.1 Å². The quantitative estimate of drug-likeness (QED) is 0.720. The van der Waals surface area contributed by atoms with E-state index in [9.17, 15) is 0 Å². The topological polar surface area (TPSA) is 30.5 Å². The van der Waals surface area contributed by atoms with Gasteiger partial charge in [-0.2, -0.15) is 0 Å². The van der Waals surface area contributed by atoms with Gasteiger partial charge in [0.2, 0.25) is 0 Å². The van der Waals surface area contributed by atoms with Gasteiger partial charge >= 0.3 is 0 Å². The smallest absolute Gasteiger partial charge is 0.179 e. The minimum Gasteiger partial charge on any atom is -0.491 e. The Kier molecular flexibility index (Phi) is 6.07. The first-order valence-corrected chi connectivity index (χ1v) is 7.86. The molecular formula is C16H16Cl3NO2. The fraction of sp³-hybridized carbons (Fsp3) is 0.250. The van der Waals surface area contributed by atoms with Crippen molar-refractivity contribution < 1.29 is 9.47 Å². The normalized spacial score (nSPS) is 10.4. The Morgan fingerprint density at radius 3 is 2.50 bits per heavy atom. The average molecular weight is 361 g/mol. The lowest BCUT2D eigenvalue weighted by Gasteiger charge is -2.14. The number of nitrogens with one attached hydrogen (secondary N) is 1. The predicted molar refractivity (Wildman–Crippen MR) is 93.0 cm³/mol. The van der Waals surface area contributed by atoms with Crippen molar-refractivity contribution in [1.82, 2.24) is 0 Å². The number of hydrogen-bond acceptors (Lipinski definition) is 3. The zero-order chi connectivity index (χ0) is 16.1. The van der Waals surface area contributed by atoms with E-state index >= 15 is 0 Å². The highest BCUT2D eigenvalue weighted by Crippen LogP contribution is 2.36. The van der Waals surface area contributed by atoms with Gasteiger partial charge in [0, 0.05) is 11.6 Å². The summed E-state index contributed by atoms with van der Waals surface area (Å²) >= 11 is 18.3. The summed E-state index contributed by atoms with van der Waals surface area (Å²) in [6.45, 7) is 2.97. The molecule has 1 N–H and O–H groups in total. The first kappa shape index (κ1) is 17.1. The van der Waals surface area contributed by atoms with Crippen LogP contribution in [-0.2, 0) is 6.54 Å². The molecule has 0 radical (unpaired) electrons. The highest BCUT2D eigenvalue weighted by molar-refractivity contribution is 6.35. The number of anilines is 1. The van der Waals surface area contributed by atoms with Crippen LogP contribution in [0.3, 0.4) is 0 Å². The maximum atomic E-state index is 6.23. The molecular weight excluding hydrogens is 345 g/mol. The van der Waals surface area contributed by atoms with E-state index in [-0.39, 0.29) is 0 Å². The van der Waals surface area contributed by atoms with Crippen molar-refractivity contribution in [3.05, 3.63) is 51.0 Å². The van der Waals surface area contributed by atoms with E-state index in [4.69, 9.17) is 44.3 Å². The molecule has 0 fully saturated rings. The molecule has 0 unspecified atom stereocenters. The van der Waals surface area contributed by atoms with Crippen molar-refractivity contribution in [3.8, 4) is 11.5 Å². The van der Waals surface area contributed by atoms with Crippen LogP contribution in [0, 0.1) is 0 Å². The third-order valence-electron chi connectivity index (χ3n) is 2.98. The molecule has 118 valence electrons. The molecule has 0 saturated carbocycles. The van der Waals surface area contributed by atoms with Crippen LogP contribution in [0.1, 0.15) is 12.5 Å². The van der Waals surface area contributed by atoms with Crippen LogP contribution in [0.15, 0.2) is 30.3 Å². The molecule has 2 rings (SSSR count). The molecule has 0 aliphatic rings. The molecule has 0 aliphatic heterocycles. The Bertz CT molecular complexity index is 662. The first-order chi connectivity index (χ1) is 10.5. The number of benzene rings is 2. The van der Waals surface area contributed by atoms with Crippen molar-refractivity contribution >= 4 is 40.5 Å². The van der Waals surface area contributed by atoms with E-state index in [1.807, 2.05) is 19.1 Å². The summed E-state index contributed by atoms with van der Waals surface area (Å²) in [5.74, 6) is 1.15. The monoisotopic (exact) mass is 359 g/mol. The van der Waals surface area contributed by atoms with Crippen molar-refractivity contribution in [2.75, 3.05) is 19.0 Å². The SMILES string of the molecule is CCOc1cc(CNc2cc(Cl)ccc2Cl)cc(Cl)c1OC. The Morgan fingerprint density at radius 1 is 1.05 bits per heavy atom. The van der Waals surface area contributed by atoms with Gasteiger partial charge in [0.1, 0.15) is 0 Å². The molecule has 2 aromatic rings. The van der Waals surface area contributed by atoms with Gasteiger partial charge in [0.05, 0.1) is 29.4 Å². The molecule has 0 aliphatic carbocycles. The van der Waals surface area contributed by atoms with Gasteiger partial charge in [-0.3, -0.25) is 0 Å². The molecule has 0 atom stereocenters. The minimum absolute atomic E-state index is 0.502. The molecule has 0 amide bonds. The number of ether oxygens (including phenoxy) is 2. The first-order valence-electron chi connectivity index (χ1n) is 6.73. The summed E-state index contributed by atoms with van der Waals surface area (Å²) < 4.78 is 10.8. The van der Waals surface area contributed by atoms with Crippen LogP contribution in [0.25, 0.3) is 0 Å². The zero-order valence-electron chi connectivity index (χ0n) is 12.3. The summed E-state index contributed by atoms with van der Waals surface area (Å²) in [4.78, 5) is 0. The van der Waals surface area contributed by atoms with Gasteiger partial charge in [-0.05, 0) is 42.8 Å². The highest BCUT2D eigenvalue weighted by atomic mass is 35.5. The van der Waals surface area contributed by atoms with Gasteiger partial charge < -0.3 is 14.8 Å². The van der Waals surface area contributed by atoms with E-state index in [0.29, 0.717) is 39.7 Å². The fourth-order valence-corrected chi connectivity index (χ4v) is 2.68. The Hall–Kier alpha value is -1.29. The van der Waals surface area contributed by atoms with Gasteiger partial charge in [-0.15, -0.1) is 0 Å². The maximum Gasteiger partial charge on any atom is 0.179 e. The van der Waals surface area contributed by atoms with Crippen molar-refractivity contribution in [1.29, 1.82) is 0 Å². The summed E-state index contributed by atoms with van der Waals surface area (Å²) in [5, 5.41) is 4.96. The lowest BCUT2D eigenvalue weighted by Crippen LogP contribution is -2.02. The largest absolute Gasteiger partial charge is 0.491 e. The number of halogens is 3. The Labute approximate surface area is 145 Å². The van der Waals surface area contributed by atoms with E-state index in [1.165, 1.54) is 0 Å². The summed E-state index contributed by atoms with van der Waals surface area (Å²) in [6.07, 6.45) is 0. The van der Waals surface area contributed by atoms with Crippen LogP contribution < -0.4 is 14.8 Å². The van der Waals surface area contributed by atoms with E-state index in [0.717, 1.165) is 11.3 Å². The second kappa shape index (κ2) is 7.82. The van der Waals surface area contributed by atoms with Crippen molar-refractivity contribution in [3.63, 3.8) is 0 Å². The second-order valence-electron chi connectivity index (χ2n) is 4.52. The van der Waals surface area contributed by atoms with E-state index in [1.54, 1.807) is 25.3 Å². The van der Waals surface area contributed by atoms with Crippen LogP contribution >= 0.6 is 34.8 Å². The molecule has 0 spiro atoms. The lowest BCUT2D eigenvalue weighted by atomic mass is 10.2. The summed E-state index contributed by atoms with van der Waals surface area (Å²) in [7, 11) is 1.56. The lowest BCUT2D eigenvalue weighted by molar-refractivity contribution is 0.310. The predicted octanol–water partition coefficient (Wildman–Crippen LogP) is 5.67. The standard InChI is InChI=1S/C16H16Cl3NO2/c1-3-22-15-7-10(6-13(19)16(15)21-2)9-20-14-8-11(17)4-5-12(14)18/h4-8,20H,3,9H2,1-2H3. The molecule has 3 nitrogen and oxygen atoms in total. The van der Waals surface area contributed by atoms with Crippen molar-refractivity contribution in [2.24, 2.45) is 0 Å². The van der Waals surface area contributed by atoms with Crippen LogP contribution in [0.5, 0.6) is 11.5 Å². The molecule has 6 heteroatoms. The van der Waals surface area contributed by atoms with E-state index < -0.39 is 0 Å². The van der Waals surface area contributed by atoms with Gasteiger partial charge in [-0.25, -0.2) is 0 Å². The maximum absolute atomic E-state index is 6.23. The van der Waals surface area contributed by atoms with Crippen molar-refractivity contribution in [2.45, 2.75) is 13.5 Å². The van der Waals surface area contributed by atoms with Crippen LogP contribution in [0.4, 0.5) is 5.69 Å². The Balaban J connectivity index is 2.21. The van der Waals surface area contributed by atoms with Crippen LogP contribution in [-0.4, -0.2) is 13.7 Å². The van der Waals surface area contributed by atoms with Gasteiger partial charge in [0.15, 0.2) is 11.5 Å². The van der Waals surface area contributed by atoms with Gasteiger partial charge in [-0.1, -0.05) is 34.8 Å². The number of rotatable bonds is 6. The molecule has 0 bridgehead atoms. The Morgan fingerprint density at radius 2 is 1.82 bits per heavy atom. The molecule has 2 aromatic carbocycles. The number of methoxy groups -OCH3 is 1. The molecule has 22 heavy (non-hydrogen) atoms. The third-order valence-corrected chi connectivity index (χ3v) is 3.83.